The van der Waals surface area contributed by atoms with Crippen molar-refractivity contribution in [3.05, 3.63) is 22.9 Å². The maximum Gasteiger partial charge on any atom is 0.0819 e. The molecule has 94 valence electrons. The van der Waals surface area contributed by atoms with Crippen molar-refractivity contribution in [1.82, 2.24) is 4.98 Å². The Balaban J connectivity index is 1.94. The third-order valence-electron chi connectivity index (χ3n) is 3.41. The molecular formula is C13H19BrN2O. The lowest BCUT2D eigenvalue weighted by atomic mass is 9.94. The number of pyridine rings is 1. The standard InChI is InChI=1S/C13H19BrN2O/c14-11-9-15-8-5-12(11)16-10-13(17)6-3-1-2-4-7-13/h5,8-9,17H,1-4,6-7,10H2,(H,15,16). The Morgan fingerprint density at radius 3 is 2.65 bits per heavy atom. The zero-order chi connectivity index (χ0) is 12.1. The van der Waals surface area contributed by atoms with E-state index in [-0.39, 0.29) is 0 Å². The van der Waals surface area contributed by atoms with E-state index in [0.717, 1.165) is 35.8 Å². The average Bonchev–Trinajstić information content (AvgIpc) is 2.54. The fraction of sp³-hybridized carbons (Fsp3) is 0.615. The van der Waals surface area contributed by atoms with Gasteiger partial charge < -0.3 is 10.4 Å². The van der Waals surface area contributed by atoms with E-state index in [1.165, 1.54) is 12.8 Å². The van der Waals surface area contributed by atoms with Crippen molar-refractivity contribution in [2.75, 3.05) is 11.9 Å². The third-order valence-corrected chi connectivity index (χ3v) is 4.05. The van der Waals surface area contributed by atoms with Crippen molar-refractivity contribution in [3.63, 3.8) is 0 Å². The van der Waals surface area contributed by atoms with Gasteiger partial charge in [-0.3, -0.25) is 4.98 Å². The number of halogens is 1. The number of aromatic nitrogens is 1. The van der Waals surface area contributed by atoms with Crippen LogP contribution in [0.1, 0.15) is 38.5 Å². The van der Waals surface area contributed by atoms with Crippen LogP contribution in [0.4, 0.5) is 5.69 Å². The minimum Gasteiger partial charge on any atom is -0.388 e. The van der Waals surface area contributed by atoms with Gasteiger partial charge >= 0.3 is 0 Å². The Hall–Kier alpha value is -0.610. The van der Waals surface area contributed by atoms with Crippen molar-refractivity contribution < 1.29 is 5.11 Å². The predicted octanol–water partition coefficient (Wildman–Crippen LogP) is 3.34. The van der Waals surface area contributed by atoms with Gasteiger partial charge in [-0.2, -0.15) is 0 Å². The van der Waals surface area contributed by atoms with Crippen molar-refractivity contribution in [2.24, 2.45) is 0 Å². The molecule has 3 nitrogen and oxygen atoms in total. The molecule has 0 bridgehead atoms. The molecule has 2 rings (SSSR count). The van der Waals surface area contributed by atoms with Gasteiger partial charge in [0.25, 0.3) is 0 Å². The van der Waals surface area contributed by atoms with E-state index >= 15 is 0 Å². The molecule has 0 saturated heterocycles. The number of rotatable bonds is 3. The summed E-state index contributed by atoms with van der Waals surface area (Å²) in [5.74, 6) is 0. The summed E-state index contributed by atoms with van der Waals surface area (Å²) < 4.78 is 0.942. The summed E-state index contributed by atoms with van der Waals surface area (Å²) in [7, 11) is 0. The summed E-state index contributed by atoms with van der Waals surface area (Å²) in [5.41, 5.74) is 0.455. The highest BCUT2D eigenvalue weighted by molar-refractivity contribution is 9.10. The molecule has 0 radical (unpaired) electrons. The topological polar surface area (TPSA) is 45.1 Å². The van der Waals surface area contributed by atoms with Gasteiger partial charge in [-0.15, -0.1) is 0 Å². The largest absolute Gasteiger partial charge is 0.388 e. The second-order valence-corrected chi connectivity index (χ2v) is 5.70. The Labute approximate surface area is 111 Å². The molecule has 0 amide bonds. The molecule has 1 heterocycles. The molecule has 0 atom stereocenters. The summed E-state index contributed by atoms with van der Waals surface area (Å²) in [6.07, 6.45) is 10.1. The van der Waals surface area contributed by atoms with Crippen LogP contribution in [0.25, 0.3) is 0 Å². The minimum absolute atomic E-state index is 0.542. The zero-order valence-electron chi connectivity index (χ0n) is 9.95. The number of aliphatic hydroxyl groups is 1. The first kappa shape index (κ1) is 12.8. The first-order chi connectivity index (χ1) is 8.20. The van der Waals surface area contributed by atoms with Crippen LogP contribution in [0.2, 0.25) is 0 Å². The number of nitrogens with one attached hydrogen (secondary N) is 1. The SMILES string of the molecule is OC1(CNc2ccncc2Br)CCCCCC1. The van der Waals surface area contributed by atoms with Gasteiger partial charge in [0.05, 0.1) is 15.8 Å². The summed E-state index contributed by atoms with van der Waals surface area (Å²) in [4.78, 5) is 4.02. The van der Waals surface area contributed by atoms with E-state index in [2.05, 4.69) is 26.2 Å². The van der Waals surface area contributed by atoms with E-state index in [4.69, 9.17) is 0 Å². The van der Waals surface area contributed by atoms with Crippen LogP contribution < -0.4 is 5.32 Å². The van der Waals surface area contributed by atoms with Gasteiger partial charge in [-0.1, -0.05) is 25.7 Å². The van der Waals surface area contributed by atoms with Gasteiger partial charge in [0.2, 0.25) is 0 Å². The first-order valence-electron chi connectivity index (χ1n) is 6.25. The minimum atomic E-state index is -0.542. The van der Waals surface area contributed by atoms with Gasteiger partial charge in [0.15, 0.2) is 0 Å². The van der Waals surface area contributed by atoms with Crippen molar-refractivity contribution in [1.29, 1.82) is 0 Å². The lowest BCUT2D eigenvalue weighted by Crippen LogP contribution is -2.36. The maximum atomic E-state index is 10.5. The average molecular weight is 299 g/mol. The number of hydrogen-bond donors (Lipinski definition) is 2. The van der Waals surface area contributed by atoms with E-state index in [0.29, 0.717) is 6.54 Å². The lowest BCUT2D eigenvalue weighted by Gasteiger charge is -2.27. The van der Waals surface area contributed by atoms with Gasteiger partial charge in [0, 0.05) is 18.9 Å². The van der Waals surface area contributed by atoms with E-state index < -0.39 is 5.60 Å². The molecule has 0 aliphatic heterocycles. The van der Waals surface area contributed by atoms with Gasteiger partial charge in [-0.25, -0.2) is 0 Å². The summed E-state index contributed by atoms with van der Waals surface area (Å²) in [6.45, 7) is 0.621. The quantitative estimate of drug-likeness (QED) is 0.841. The van der Waals surface area contributed by atoms with Crippen LogP contribution >= 0.6 is 15.9 Å². The van der Waals surface area contributed by atoms with Crippen molar-refractivity contribution >= 4 is 21.6 Å². The first-order valence-corrected chi connectivity index (χ1v) is 7.05. The molecule has 0 spiro atoms. The molecule has 1 fully saturated rings. The van der Waals surface area contributed by atoms with E-state index in [1.807, 2.05) is 6.07 Å². The number of hydrogen-bond acceptors (Lipinski definition) is 3. The monoisotopic (exact) mass is 298 g/mol. The molecule has 1 aromatic rings. The zero-order valence-corrected chi connectivity index (χ0v) is 11.5. The fourth-order valence-corrected chi connectivity index (χ4v) is 2.73. The second kappa shape index (κ2) is 5.83. The van der Waals surface area contributed by atoms with Crippen LogP contribution in [-0.4, -0.2) is 22.2 Å². The molecule has 1 aliphatic carbocycles. The fourth-order valence-electron chi connectivity index (χ4n) is 2.34. The Bertz CT molecular complexity index is 362. The maximum absolute atomic E-state index is 10.5. The van der Waals surface area contributed by atoms with Gasteiger partial charge in [0.1, 0.15) is 0 Å². The molecule has 2 N–H and O–H groups in total. The highest BCUT2D eigenvalue weighted by Gasteiger charge is 2.27. The number of nitrogens with zero attached hydrogens (tertiary/aromatic N) is 1. The molecule has 1 aromatic heterocycles. The Kier molecular flexibility index (Phi) is 4.40. The second-order valence-electron chi connectivity index (χ2n) is 4.85. The Morgan fingerprint density at radius 2 is 2.00 bits per heavy atom. The number of anilines is 1. The summed E-state index contributed by atoms with van der Waals surface area (Å²) >= 11 is 3.45. The van der Waals surface area contributed by atoms with Gasteiger partial charge in [-0.05, 0) is 34.8 Å². The third kappa shape index (κ3) is 3.68. The predicted molar refractivity (Wildman–Crippen MR) is 73.1 cm³/mol. The molecule has 1 aliphatic rings. The molecule has 17 heavy (non-hydrogen) atoms. The van der Waals surface area contributed by atoms with Crippen LogP contribution in [0.5, 0.6) is 0 Å². The lowest BCUT2D eigenvalue weighted by molar-refractivity contribution is 0.0381. The molecule has 4 heteroatoms. The van der Waals surface area contributed by atoms with E-state index in [1.54, 1.807) is 12.4 Å². The molecule has 0 aromatic carbocycles. The van der Waals surface area contributed by atoms with Crippen LogP contribution in [0.3, 0.4) is 0 Å². The van der Waals surface area contributed by atoms with Crippen LogP contribution in [-0.2, 0) is 0 Å². The van der Waals surface area contributed by atoms with Crippen molar-refractivity contribution in [3.8, 4) is 0 Å². The highest BCUT2D eigenvalue weighted by atomic mass is 79.9. The normalized spacial score (nSPS) is 19.6. The summed E-state index contributed by atoms with van der Waals surface area (Å²) in [6, 6.07) is 1.92. The van der Waals surface area contributed by atoms with Crippen LogP contribution in [0, 0.1) is 0 Å². The van der Waals surface area contributed by atoms with Crippen molar-refractivity contribution in [2.45, 2.75) is 44.1 Å². The highest BCUT2D eigenvalue weighted by Crippen LogP contribution is 2.28. The molecular weight excluding hydrogens is 280 g/mol. The molecule has 1 saturated carbocycles. The molecule has 0 unspecified atom stereocenters. The summed E-state index contributed by atoms with van der Waals surface area (Å²) in [5, 5.41) is 13.8. The van der Waals surface area contributed by atoms with Crippen LogP contribution in [0.15, 0.2) is 22.9 Å². The Morgan fingerprint density at radius 1 is 1.29 bits per heavy atom. The van der Waals surface area contributed by atoms with E-state index in [9.17, 15) is 5.11 Å². The smallest absolute Gasteiger partial charge is 0.0819 e.